The van der Waals surface area contributed by atoms with Crippen LogP contribution in [-0.4, -0.2) is 22.5 Å². The first kappa shape index (κ1) is 9.71. The van der Waals surface area contributed by atoms with Crippen molar-refractivity contribution < 1.29 is 9.84 Å². The Kier molecular flexibility index (Phi) is 2.29. The van der Waals surface area contributed by atoms with Crippen molar-refractivity contribution in [3.63, 3.8) is 0 Å². The summed E-state index contributed by atoms with van der Waals surface area (Å²) in [4.78, 5) is 0. The fourth-order valence-electron chi connectivity index (χ4n) is 1.20. The van der Waals surface area contributed by atoms with E-state index in [2.05, 4.69) is 6.58 Å². The van der Waals surface area contributed by atoms with Gasteiger partial charge in [0.25, 0.3) is 0 Å². The van der Waals surface area contributed by atoms with E-state index in [1.54, 1.807) is 0 Å². The zero-order chi connectivity index (χ0) is 9.41. The standard InChI is InChI=1S/C9H17NO2/c1-4-9(10,11)6-5-7-8(2,3)12-7/h4,7,11H,1,5-6,10H2,2-3H3/t7?,9-/m0/s1. The molecule has 1 fully saturated rings. The summed E-state index contributed by atoms with van der Waals surface area (Å²) in [5.41, 5.74) is 4.21. The lowest BCUT2D eigenvalue weighted by atomic mass is 10.0. The SMILES string of the molecule is C=C[C@](N)(O)CCC1OC1(C)C. The van der Waals surface area contributed by atoms with E-state index in [0.717, 1.165) is 6.42 Å². The fourth-order valence-corrected chi connectivity index (χ4v) is 1.20. The van der Waals surface area contributed by atoms with E-state index in [1.165, 1.54) is 6.08 Å². The van der Waals surface area contributed by atoms with Crippen LogP contribution in [0.5, 0.6) is 0 Å². The van der Waals surface area contributed by atoms with Gasteiger partial charge >= 0.3 is 0 Å². The van der Waals surface area contributed by atoms with Crippen LogP contribution in [0.2, 0.25) is 0 Å². The zero-order valence-corrected chi connectivity index (χ0v) is 7.71. The molecule has 1 rings (SSSR count). The molecule has 12 heavy (non-hydrogen) atoms. The third kappa shape index (κ3) is 2.30. The third-order valence-corrected chi connectivity index (χ3v) is 2.32. The lowest BCUT2D eigenvalue weighted by molar-refractivity contribution is 0.0840. The quantitative estimate of drug-likeness (QED) is 0.373. The van der Waals surface area contributed by atoms with Gasteiger partial charge in [-0.1, -0.05) is 6.58 Å². The van der Waals surface area contributed by atoms with Gasteiger partial charge in [-0.05, 0) is 32.8 Å². The number of epoxide rings is 1. The van der Waals surface area contributed by atoms with Crippen molar-refractivity contribution in [1.29, 1.82) is 0 Å². The monoisotopic (exact) mass is 171 g/mol. The summed E-state index contributed by atoms with van der Waals surface area (Å²) in [5.74, 6) is 0. The predicted molar refractivity (Wildman–Crippen MR) is 47.5 cm³/mol. The van der Waals surface area contributed by atoms with Gasteiger partial charge in [0.15, 0.2) is 0 Å². The maximum atomic E-state index is 9.37. The molecule has 1 aliphatic heterocycles. The van der Waals surface area contributed by atoms with E-state index >= 15 is 0 Å². The fraction of sp³-hybridized carbons (Fsp3) is 0.778. The summed E-state index contributed by atoms with van der Waals surface area (Å²) in [6.07, 6.45) is 2.89. The lowest BCUT2D eigenvalue weighted by Gasteiger charge is -2.17. The maximum absolute atomic E-state index is 9.37. The molecule has 1 aliphatic rings. The summed E-state index contributed by atoms with van der Waals surface area (Å²) in [7, 11) is 0. The second-order valence-corrected chi connectivity index (χ2v) is 3.94. The van der Waals surface area contributed by atoms with Gasteiger partial charge in [-0.3, -0.25) is 0 Å². The molecule has 1 unspecified atom stereocenters. The smallest absolute Gasteiger partial charge is 0.132 e. The molecule has 2 atom stereocenters. The second-order valence-electron chi connectivity index (χ2n) is 3.94. The van der Waals surface area contributed by atoms with Crippen LogP contribution in [0, 0.1) is 0 Å². The van der Waals surface area contributed by atoms with Crippen molar-refractivity contribution in [2.75, 3.05) is 0 Å². The number of hydrogen-bond acceptors (Lipinski definition) is 3. The van der Waals surface area contributed by atoms with Crippen molar-refractivity contribution in [3.05, 3.63) is 12.7 Å². The third-order valence-electron chi connectivity index (χ3n) is 2.32. The molecule has 0 aromatic carbocycles. The Hall–Kier alpha value is -0.380. The molecule has 1 heterocycles. The average molecular weight is 171 g/mol. The van der Waals surface area contributed by atoms with Crippen molar-refractivity contribution in [2.24, 2.45) is 5.73 Å². The molecular weight excluding hydrogens is 154 g/mol. The molecular formula is C9H17NO2. The minimum Gasteiger partial charge on any atom is -0.372 e. The van der Waals surface area contributed by atoms with Gasteiger partial charge in [0.2, 0.25) is 0 Å². The highest BCUT2D eigenvalue weighted by molar-refractivity contribution is 4.98. The molecule has 0 amide bonds. The number of aliphatic hydroxyl groups is 1. The number of nitrogens with two attached hydrogens (primary N) is 1. The van der Waals surface area contributed by atoms with Crippen molar-refractivity contribution in [3.8, 4) is 0 Å². The summed E-state index contributed by atoms with van der Waals surface area (Å²) in [5, 5.41) is 9.37. The first-order valence-electron chi connectivity index (χ1n) is 4.20. The molecule has 0 bridgehead atoms. The molecule has 0 aliphatic carbocycles. The van der Waals surface area contributed by atoms with Crippen LogP contribution in [0.1, 0.15) is 26.7 Å². The van der Waals surface area contributed by atoms with Crippen molar-refractivity contribution >= 4 is 0 Å². The molecule has 0 aromatic rings. The Morgan fingerprint density at radius 3 is 2.58 bits per heavy atom. The maximum Gasteiger partial charge on any atom is 0.132 e. The van der Waals surface area contributed by atoms with Crippen LogP contribution < -0.4 is 5.73 Å². The molecule has 70 valence electrons. The van der Waals surface area contributed by atoms with Crippen LogP contribution in [-0.2, 0) is 4.74 Å². The highest BCUT2D eigenvalue weighted by Gasteiger charge is 2.47. The summed E-state index contributed by atoms with van der Waals surface area (Å²) in [6, 6.07) is 0. The number of ether oxygens (including phenoxy) is 1. The Morgan fingerprint density at radius 2 is 2.25 bits per heavy atom. The van der Waals surface area contributed by atoms with Gasteiger partial charge in [0.05, 0.1) is 11.7 Å². The average Bonchev–Trinajstić information content (AvgIpc) is 2.56. The number of hydrogen-bond donors (Lipinski definition) is 2. The van der Waals surface area contributed by atoms with E-state index < -0.39 is 5.72 Å². The Balaban J connectivity index is 2.24. The predicted octanol–water partition coefficient (Wildman–Crippen LogP) is 0.777. The van der Waals surface area contributed by atoms with Crippen LogP contribution in [0.3, 0.4) is 0 Å². The minimum atomic E-state index is -1.23. The summed E-state index contributed by atoms with van der Waals surface area (Å²) < 4.78 is 5.34. The molecule has 0 radical (unpaired) electrons. The summed E-state index contributed by atoms with van der Waals surface area (Å²) in [6.45, 7) is 7.51. The van der Waals surface area contributed by atoms with Gasteiger partial charge < -0.3 is 15.6 Å². The van der Waals surface area contributed by atoms with Gasteiger partial charge in [-0.2, -0.15) is 0 Å². The van der Waals surface area contributed by atoms with E-state index in [-0.39, 0.29) is 11.7 Å². The zero-order valence-electron chi connectivity index (χ0n) is 7.71. The highest BCUT2D eigenvalue weighted by Crippen LogP contribution is 2.38. The van der Waals surface area contributed by atoms with E-state index in [1.807, 2.05) is 13.8 Å². The van der Waals surface area contributed by atoms with Gasteiger partial charge in [-0.15, -0.1) is 0 Å². The first-order chi connectivity index (χ1) is 5.37. The largest absolute Gasteiger partial charge is 0.372 e. The molecule has 3 heteroatoms. The van der Waals surface area contributed by atoms with Crippen LogP contribution in [0.15, 0.2) is 12.7 Å². The Labute approximate surface area is 73.2 Å². The van der Waals surface area contributed by atoms with Crippen molar-refractivity contribution in [2.45, 2.75) is 44.1 Å². The minimum absolute atomic E-state index is 0.0166. The van der Waals surface area contributed by atoms with E-state index in [0.29, 0.717) is 6.42 Å². The molecule has 0 aromatic heterocycles. The van der Waals surface area contributed by atoms with Crippen molar-refractivity contribution in [1.82, 2.24) is 0 Å². The second kappa shape index (κ2) is 2.83. The Bertz CT molecular complexity index is 187. The highest BCUT2D eigenvalue weighted by atomic mass is 16.6. The van der Waals surface area contributed by atoms with Gasteiger partial charge in [0, 0.05) is 0 Å². The number of rotatable bonds is 4. The van der Waals surface area contributed by atoms with E-state index in [9.17, 15) is 5.11 Å². The molecule has 0 saturated carbocycles. The van der Waals surface area contributed by atoms with E-state index in [4.69, 9.17) is 10.5 Å². The van der Waals surface area contributed by atoms with Crippen LogP contribution >= 0.6 is 0 Å². The van der Waals surface area contributed by atoms with Crippen LogP contribution in [0.4, 0.5) is 0 Å². The topological polar surface area (TPSA) is 58.8 Å². The van der Waals surface area contributed by atoms with Crippen LogP contribution in [0.25, 0.3) is 0 Å². The van der Waals surface area contributed by atoms with Gasteiger partial charge in [0.1, 0.15) is 5.72 Å². The Morgan fingerprint density at radius 1 is 1.75 bits per heavy atom. The van der Waals surface area contributed by atoms with Gasteiger partial charge in [-0.25, -0.2) is 0 Å². The molecule has 3 nitrogen and oxygen atoms in total. The first-order valence-corrected chi connectivity index (χ1v) is 4.20. The molecule has 1 saturated heterocycles. The lowest BCUT2D eigenvalue weighted by Crippen LogP contribution is -2.37. The summed E-state index contributed by atoms with van der Waals surface area (Å²) >= 11 is 0. The normalized spacial score (nSPS) is 30.8. The molecule has 0 spiro atoms. The molecule has 3 N–H and O–H groups in total.